The van der Waals surface area contributed by atoms with Gasteiger partial charge in [-0.05, 0) is 64.2 Å². The van der Waals surface area contributed by atoms with Gasteiger partial charge in [0, 0.05) is 17.8 Å². The molecular formula is C27H33N5O6. The van der Waals surface area contributed by atoms with Gasteiger partial charge in [0.15, 0.2) is 0 Å². The van der Waals surface area contributed by atoms with E-state index in [0.29, 0.717) is 19.4 Å². The van der Waals surface area contributed by atoms with Crippen LogP contribution in [0.25, 0.3) is 10.9 Å². The molecular weight excluding hydrogens is 490 g/mol. The van der Waals surface area contributed by atoms with Crippen molar-refractivity contribution in [1.82, 2.24) is 20.5 Å². The molecule has 4 N–H and O–H groups in total. The minimum Gasteiger partial charge on any atom is -0.507 e. The maximum absolute atomic E-state index is 13.5. The molecule has 11 heteroatoms. The van der Waals surface area contributed by atoms with Gasteiger partial charge in [-0.2, -0.15) is 5.26 Å². The normalized spacial score (nSPS) is 18.8. The van der Waals surface area contributed by atoms with Gasteiger partial charge in [0.25, 0.3) is 5.91 Å². The second kappa shape index (κ2) is 10.7. The van der Waals surface area contributed by atoms with E-state index < -0.39 is 35.6 Å². The monoisotopic (exact) mass is 523 g/mol. The van der Waals surface area contributed by atoms with Crippen LogP contribution in [-0.2, 0) is 14.3 Å². The standard InChI is InChI=1S/C27H33N5O6/c1-27(2,3)38-26(37)32-20-5-4-6-22(33)18(20)13-21(32)25(36)31-19(11-15-7-8-15)24(35)30-17(14-28)12-16-9-10-29-23(16)34/h4-6,13,15-17,19,33H,7-12H2,1-3H3,(H,29,34)(H,30,35)(H,31,36). The summed E-state index contributed by atoms with van der Waals surface area (Å²) in [6, 6.07) is 6.16. The number of hydrogen-bond donors (Lipinski definition) is 4. The molecule has 0 radical (unpaired) electrons. The van der Waals surface area contributed by atoms with Crippen LogP contribution in [0.1, 0.15) is 63.4 Å². The molecule has 1 saturated carbocycles. The highest BCUT2D eigenvalue weighted by Crippen LogP contribution is 2.34. The number of phenolic OH excluding ortho intramolecular Hbond substituents is 1. The summed E-state index contributed by atoms with van der Waals surface area (Å²) in [5.41, 5.74) is -0.648. The Kier molecular flexibility index (Phi) is 7.62. The zero-order valence-corrected chi connectivity index (χ0v) is 21.7. The smallest absolute Gasteiger partial charge is 0.419 e. The third-order valence-electron chi connectivity index (χ3n) is 6.67. The average molecular weight is 524 g/mol. The highest BCUT2D eigenvalue weighted by molar-refractivity contribution is 6.06. The molecule has 2 aliphatic rings. The Bertz CT molecular complexity index is 1300. The largest absolute Gasteiger partial charge is 0.507 e. The fourth-order valence-electron chi connectivity index (χ4n) is 4.61. The van der Waals surface area contributed by atoms with Crippen LogP contribution in [0.2, 0.25) is 0 Å². The molecule has 3 atom stereocenters. The van der Waals surface area contributed by atoms with Crippen molar-refractivity contribution < 1.29 is 29.0 Å². The molecule has 0 bridgehead atoms. The number of nitriles is 1. The van der Waals surface area contributed by atoms with Crippen molar-refractivity contribution in [2.45, 2.75) is 70.6 Å². The van der Waals surface area contributed by atoms with Crippen LogP contribution in [0.5, 0.6) is 5.75 Å². The molecule has 3 amide bonds. The Balaban J connectivity index is 1.57. The van der Waals surface area contributed by atoms with Crippen molar-refractivity contribution in [2.24, 2.45) is 11.8 Å². The summed E-state index contributed by atoms with van der Waals surface area (Å²) in [5, 5.41) is 28.3. The van der Waals surface area contributed by atoms with Gasteiger partial charge < -0.3 is 25.8 Å². The first-order chi connectivity index (χ1) is 18.0. The van der Waals surface area contributed by atoms with Crippen LogP contribution in [0, 0.1) is 23.2 Å². The van der Waals surface area contributed by atoms with Crippen LogP contribution >= 0.6 is 0 Å². The Hall–Kier alpha value is -4.07. The molecule has 3 unspecified atom stereocenters. The number of phenols is 1. The number of nitrogens with one attached hydrogen (secondary N) is 3. The van der Waals surface area contributed by atoms with Crippen molar-refractivity contribution in [3.63, 3.8) is 0 Å². The van der Waals surface area contributed by atoms with E-state index in [4.69, 9.17) is 4.74 Å². The highest BCUT2D eigenvalue weighted by atomic mass is 16.6. The molecule has 1 saturated heterocycles. The summed E-state index contributed by atoms with van der Waals surface area (Å²) in [4.78, 5) is 51.7. The molecule has 2 heterocycles. The fourth-order valence-corrected chi connectivity index (χ4v) is 4.61. The van der Waals surface area contributed by atoms with Crippen LogP contribution in [0.15, 0.2) is 24.3 Å². The van der Waals surface area contributed by atoms with Gasteiger partial charge >= 0.3 is 6.09 Å². The Morgan fingerprint density at radius 3 is 2.55 bits per heavy atom. The number of carbonyl (C=O) groups is 4. The lowest BCUT2D eigenvalue weighted by molar-refractivity contribution is -0.125. The third-order valence-corrected chi connectivity index (χ3v) is 6.67. The summed E-state index contributed by atoms with van der Waals surface area (Å²) in [6.45, 7) is 5.64. The number of amides is 3. The fraction of sp³-hybridized carbons (Fsp3) is 0.519. The number of carbonyl (C=O) groups excluding carboxylic acids is 4. The molecule has 0 spiro atoms. The molecule has 2 fully saturated rings. The van der Waals surface area contributed by atoms with E-state index in [9.17, 15) is 29.5 Å². The molecule has 2 aromatic rings. The van der Waals surface area contributed by atoms with Crippen LogP contribution in [0.4, 0.5) is 4.79 Å². The van der Waals surface area contributed by atoms with Crippen LogP contribution in [0.3, 0.4) is 0 Å². The summed E-state index contributed by atoms with van der Waals surface area (Å²) in [5.74, 6) is -1.57. The van der Waals surface area contributed by atoms with Gasteiger partial charge in [0.05, 0.1) is 11.6 Å². The van der Waals surface area contributed by atoms with Crippen molar-refractivity contribution in [1.29, 1.82) is 5.26 Å². The van der Waals surface area contributed by atoms with Crippen LogP contribution in [-0.4, -0.2) is 57.7 Å². The molecule has 11 nitrogen and oxygen atoms in total. The number of fused-ring (bicyclic) bond motifs is 1. The Labute approximate surface area is 220 Å². The molecule has 4 rings (SSSR count). The zero-order chi connectivity index (χ0) is 27.6. The predicted molar refractivity (Wildman–Crippen MR) is 137 cm³/mol. The lowest BCUT2D eigenvalue weighted by Gasteiger charge is -2.23. The van der Waals surface area contributed by atoms with E-state index in [-0.39, 0.29) is 46.5 Å². The van der Waals surface area contributed by atoms with Crippen molar-refractivity contribution in [3.05, 3.63) is 30.0 Å². The first kappa shape index (κ1) is 27.0. The molecule has 38 heavy (non-hydrogen) atoms. The van der Waals surface area contributed by atoms with Crippen molar-refractivity contribution in [3.8, 4) is 11.8 Å². The maximum atomic E-state index is 13.5. The Morgan fingerprint density at radius 2 is 1.95 bits per heavy atom. The zero-order valence-electron chi connectivity index (χ0n) is 21.7. The lowest BCUT2D eigenvalue weighted by Crippen LogP contribution is -2.50. The molecule has 1 aliphatic heterocycles. The number of aromatic nitrogens is 1. The minimum absolute atomic E-state index is 0.0937. The average Bonchev–Trinajstić information content (AvgIpc) is 3.42. The number of ether oxygens (including phenoxy) is 1. The number of hydrogen-bond acceptors (Lipinski definition) is 7. The van der Waals surface area contributed by atoms with E-state index in [1.54, 1.807) is 32.9 Å². The molecule has 202 valence electrons. The van der Waals surface area contributed by atoms with Crippen LogP contribution < -0.4 is 16.0 Å². The summed E-state index contributed by atoms with van der Waals surface area (Å²) in [6.07, 6.45) is 2.20. The summed E-state index contributed by atoms with van der Waals surface area (Å²) < 4.78 is 6.58. The second-order valence-electron chi connectivity index (χ2n) is 11.0. The van der Waals surface area contributed by atoms with Gasteiger partial charge in [0.1, 0.15) is 29.1 Å². The van der Waals surface area contributed by atoms with E-state index in [0.717, 1.165) is 17.4 Å². The minimum atomic E-state index is -0.957. The summed E-state index contributed by atoms with van der Waals surface area (Å²) in [7, 11) is 0. The lowest BCUT2D eigenvalue weighted by atomic mass is 9.98. The topological polar surface area (TPSA) is 163 Å². The highest BCUT2D eigenvalue weighted by Gasteiger charge is 2.34. The molecule has 1 aliphatic carbocycles. The van der Waals surface area contributed by atoms with Gasteiger partial charge in [-0.15, -0.1) is 0 Å². The van der Waals surface area contributed by atoms with Gasteiger partial charge in [-0.1, -0.05) is 18.9 Å². The van der Waals surface area contributed by atoms with Gasteiger partial charge in [-0.25, -0.2) is 9.36 Å². The van der Waals surface area contributed by atoms with Gasteiger partial charge in [0.2, 0.25) is 11.8 Å². The first-order valence-electron chi connectivity index (χ1n) is 12.8. The quantitative estimate of drug-likeness (QED) is 0.413. The number of benzene rings is 1. The van der Waals surface area contributed by atoms with Gasteiger partial charge in [-0.3, -0.25) is 14.4 Å². The first-order valence-corrected chi connectivity index (χ1v) is 12.8. The van der Waals surface area contributed by atoms with E-state index in [2.05, 4.69) is 16.0 Å². The Morgan fingerprint density at radius 1 is 1.21 bits per heavy atom. The number of aromatic hydroxyl groups is 1. The van der Waals surface area contributed by atoms with E-state index in [1.165, 1.54) is 12.1 Å². The number of rotatable bonds is 8. The molecule has 1 aromatic heterocycles. The summed E-state index contributed by atoms with van der Waals surface area (Å²) >= 11 is 0. The predicted octanol–water partition coefficient (Wildman–Crippen LogP) is 2.56. The maximum Gasteiger partial charge on any atom is 0.419 e. The van der Waals surface area contributed by atoms with Crippen molar-refractivity contribution in [2.75, 3.05) is 6.54 Å². The second-order valence-corrected chi connectivity index (χ2v) is 11.0. The van der Waals surface area contributed by atoms with Crippen molar-refractivity contribution >= 4 is 34.7 Å². The molecule has 1 aromatic carbocycles. The third kappa shape index (κ3) is 6.25. The van der Waals surface area contributed by atoms with E-state index in [1.807, 2.05) is 6.07 Å². The van der Waals surface area contributed by atoms with E-state index >= 15 is 0 Å². The SMILES string of the molecule is CC(C)(C)OC(=O)n1c(C(=O)NC(CC2CC2)C(=O)NC(C#N)CC2CCNC2=O)cc2c(O)cccc21. The number of nitrogens with zero attached hydrogens (tertiary/aromatic N) is 2.